The van der Waals surface area contributed by atoms with Crippen LogP contribution in [0.1, 0.15) is 48.2 Å². The Labute approximate surface area is 108 Å². The molecular formula is C15H18N2O. The molecule has 0 bridgehead atoms. The zero-order chi connectivity index (χ0) is 13.2. The molecule has 0 spiro atoms. The van der Waals surface area contributed by atoms with Crippen molar-refractivity contribution in [2.45, 2.75) is 45.1 Å². The Morgan fingerprint density at radius 3 is 2.83 bits per heavy atom. The fraction of sp³-hybridized carbons (Fsp3) is 0.467. The molecule has 18 heavy (non-hydrogen) atoms. The van der Waals surface area contributed by atoms with Crippen LogP contribution >= 0.6 is 0 Å². The van der Waals surface area contributed by atoms with Crippen molar-refractivity contribution >= 4 is 5.91 Å². The third-order valence-electron chi connectivity index (χ3n) is 3.70. The summed E-state index contributed by atoms with van der Waals surface area (Å²) in [6.07, 6.45) is 3.94. The highest BCUT2D eigenvalue weighted by Crippen LogP contribution is 2.23. The smallest absolute Gasteiger partial charge is 0.252 e. The highest BCUT2D eigenvalue weighted by molar-refractivity contribution is 5.95. The predicted octanol–water partition coefficient (Wildman–Crippen LogP) is 2.60. The summed E-state index contributed by atoms with van der Waals surface area (Å²) in [6.45, 7) is 3.64. The number of fused-ring (bicyclic) bond motifs is 1. The summed E-state index contributed by atoms with van der Waals surface area (Å²) in [5.74, 6) is -0.157. The first-order chi connectivity index (χ1) is 8.58. The number of nitrogens with one attached hydrogen (secondary N) is 1. The van der Waals surface area contributed by atoms with E-state index in [1.165, 1.54) is 17.5 Å². The molecule has 1 aliphatic rings. The van der Waals surface area contributed by atoms with Crippen LogP contribution in [0.5, 0.6) is 0 Å². The second-order valence-electron chi connectivity index (χ2n) is 5.09. The normalized spacial score (nSPS) is 16.5. The standard InChI is InChI=1S/C15H18N2O/c1-3-15(2,10-16)17-14(18)13-8-7-11-5-4-6-12(11)9-13/h7-9H,3-6H2,1-2H3,(H,17,18)/t15-/m1/s1. The van der Waals surface area contributed by atoms with Crippen LogP contribution < -0.4 is 5.32 Å². The maximum atomic E-state index is 12.1. The lowest BCUT2D eigenvalue weighted by molar-refractivity contribution is 0.0923. The van der Waals surface area contributed by atoms with Gasteiger partial charge in [-0.15, -0.1) is 0 Å². The summed E-state index contributed by atoms with van der Waals surface area (Å²) >= 11 is 0. The summed E-state index contributed by atoms with van der Waals surface area (Å²) in [5.41, 5.74) is 2.50. The van der Waals surface area contributed by atoms with Crippen molar-refractivity contribution < 1.29 is 4.79 Å². The fourth-order valence-electron chi connectivity index (χ4n) is 2.23. The van der Waals surface area contributed by atoms with E-state index in [1.54, 1.807) is 6.92 Å². The molecule has 0 heterocycles. The molecule has 1 aromatic rings. The summed E-state index contributed by atoms with van der Waals surface area (Å²) in [7, 11) is 0. The highest BCUT2D eigenvalue weighted by Gasteiger charge is 2.24. The number of carbonyl (C=O) groups is 1. The Morgan fingerprint density at radius 1 is 1.44 bits per heavy atom. The minimum Gasteiger partial charge on any atom is -0.334 e. The highest BCUT2D eigenvalue weighted by atomic mass is 16.1. The minimum atomic E-state index is -0.782. The lowest BCUT2D eigenvalue weighted by Gasteiger charge is -2.21. The van der Waals surface area contributed by atoms with E-state index >= 15 is 0 Å². The molecule has 0 aliphatic heterocycles. The van der Waals surface area contributed by atoms with E-state index in [4.69, 9.17) is 5.26 Å². The zero-order valence-electron chi connectivity index (χ0n) is 10.9. The first-order valence-electron chi connectivity index (χ1n) is 6.43. The van der Waals surface area contributed by atoms with E-state index in [1.807, 2.05) is 25.1 Å². The van der Waals surface area contributed by atoms with E-state index in [-0.39, 0.29) is 5.91 Å². The third kappa shape index (κ3) is 2.38. The predicted molar refractivity (Wildman–Crippen MR) is 70.2 cm³/mol. The molecular weight excluding hydrogens is 224 g/mol. The van der Waals surface area contributed by atoms with E-state index < -0.39 is 5.54 Å². The Bertz CT molecular complexity index is 516. The van der Waals surface area contributed by atoms with Gasteiger partial charge in [-0.05, 0) is 55.9 Å². The van der Waals surface area contributed by atoms with Gasteiger partial charge in [-0.2, -0.15) is 5.26 Å². The molecule has 94 valence electrons. The van der Waals surface area contributed by atoms with Gasteiger partial charge >= 0.3 is 0 Å². The molecule has 2 rings (SSSR count). The number of hydrogen-bond acceptors (Lipinski definition) is 2. The molecule has 0 saturated carbocycles. The number of amides is 1. The number of nitriles is 1. The first kappa shape index (κ1) is 12.6. The van der Waals surface area contributed by atoms with E-state index in [0.717, 1.165) is 12.8 Å². The Balaban J connectivity index is 2.18. The minimum absolute atomic E-state index is 0.157. The van der Waals surface area contributed by atoms with Crippen molar-refractivity contribution in [1.82, 2.24) is 5.32 Å². The van der Waals surface area contributed by atoms with Crippen molar-refractivity contribution in [3.8, 4) is 6.07 Å². The molecule has 0 fully saturated rings. The van der Waals surface area contributed by atoms with Gasteiger partial charge in [0.1, 0.15) is 5.54 Å². The van der Waals surface area contributed by atoms with E-state index in [2.05, 4.69) is 11.4 Å². The number of carbonyl (C=O) groups excluding carboxylic acids is 1. The summed E-state index contributed by atoms with van der Waals surface area (Å²) in [6, 6.07) is 8.00. The number of nitrogens with zero attached hydrogens (tertiary/aromatic N) is 1. The molecule has 1 N–H and O–H groups in total. The number of rotatable bonds is 3. The molecule has 0 saturated heterocycles. The molecule has 3 heteroatoms. The summed E-state index contributed by atoms with van der Waals surface area (Å²) in [4.78, 5) is 12.1. The molecule has 0 radical (unpaired) electrons. The van der Waals surface area contributed by atoms with Gasteiger partial charge in [-0.25, -0.2) is 0 Å². The maximum Gasteiger partial charge on any atom is 0.252 e. The van der Waals surface area contributed by atoms with Crippen molar-refractivity contribution in [1.29, 1.82) is 5.26 Å². The van der Waals surface area contributed by atoms with Gasteiger partial charge in [0.2, 0.25) is 0 Å². The van der Waals surface area contributed by atoms with Crippen LogP contribution in [0.2, 0.25) is 0 Å². The van der Waals surface area contributed by atoms with Gasteiger partial charge in [0.05, 0.1) is 6.07 Å². The second kappa shape index (κ2) is 4.81. The maximum absolute atomic E-state index is 12.1. The van der Waals surface area contributed by atoms with Gasteiger partial charge in [-0.1, -0.05) is 13.0 Å². The monoisotopic (exact) mass is 242 g/mol. The molecule has 1 amide bonds. The third-order valence-corrected chi connectivity index (χ3v) is 3.70. The van der Waals surface area contributed by atoms with Gasteiger partial charge in [0.15, 0.2) is 0 Å². The first-order valence-corrected chi connectivity index (χ1v) is 6.43. The molecule has 1 aromatic carbocycles. The van der Waals surface area contributed by atoms with Crippen LogP contribution in [-0.2, 0) is 12.8 Å². The second-order valence-corrected chi connectivity index (χ2v) is 5.09. The molecule has 0 aromatic heterocycles. The largest absolute Gasteiger partial charge is 0.334 e. The lowest BCUT2D eigenvalue weighted by atomic mass is 9.99. The van der Waals surface area contributed by atoms with Gasteiger partial charge in [0.25, 0.3) is 5.91 Å². The molecule has 0 unspecified atom stereocenters. The number of aryl methyl sites for hydroxylation is 2. The summed E-state index contributed by atoms with van der Waals surface area (Å²) < 4.78 is 0. The van der Waals surface area contributed by atoms with Crippen molar-refractivity contribution in [2.24, 2.45) is 0 Å². The Morgan fingerprint density at radius 2 is 2.17 bits per heavy atom. The quantitative estimate of drug-likeness (QED) is 0.885. The van der Waals surface area contributed by atoms with Crippen LogP contribution in [-0.4, -0.2) is 11.4 Å². The molecule has 3 nitrogen and oxygen atoms in total. The van der Waals surface area contributed by atoms with Gasteiger partial charge in [-0.3, -0.25) is 4.79 Å². The SMILES string of the molecule is CC[C@](C)(C#N)NC(=O)c1ccc2c(c1)CCC2. The lowest BCUT2D eigenvalue weighted by Crippen LogP contribution is -2.44. The van der Waals surface area contributed by atoms with Gasteiger partial charge < -0.3 is 5.32 Å². The zero-order valence-corrected chi connectivity index (χ0v) is 10.9. The van der Waals surface area contributed by atoms with Crippen LogP contribution in [0.25, 0.3) is 0 Å². The van der Waals surface area contributed by atoms with Crippen LogP contribution in [0, 0.1) is 11.3 Å². The van der Waals surface area contributed by atoms with E-state index in [0.29, 0.717) is 12.0 Å². The van der Waals surface area contributed by atoms with Crippen molar-refractivity contribution in [2.75, 3.05) is 0 Å². The molecule has 1 aliphatic carbocycles. The number of hydrogen-bond donors (Lipinski definition) is 1. The molecule has 1 atom stereocenters. The fourth-order valence-corrected chi connectivity index (χ4v) is 2.23. The van der Waals surface area contributed by atoms with Gasteiger partial charge in [0, 0.05) is 5.56 Å². The Hall–Kier alpha value is -1.82. The average Bonchev–Trinajstić information content (AvgIpc) is 2.85. The van der Waals surface area contributed by atoms with Crippen LogP contribution in [0.4, 0.5) is 0 Å². The van der Waals surface area contributed by atoms with Crippen LogP contribution in [0.3, 0.4) is 0 Å². The van der Waals surface area contributed by atoms with Crippen molar-refractivity contribution in [3.63, 3.8) is 0 Å². The van der Waals surface area contributed by atoms with Crippen molar-refractivity contribution in [3.05, 3.63) is 34.9 Å². The topological polar surface area (TPSA) is 52.9 Å². The van der Waals surface area contributed by atoms with E-state index in [9.17, 15) is 4.79 Å². The summed E-state index contributed by atoms with van der Waals surface area (Å²) in [5, 5.41) is 11.9. The number of benzene rings is 1. The average molecular weight is 242 g/mol. The van der Waals surface area contributed by atoms with Crippen LogP contribution in [0.15, 0.2) is 18.2 Å². The Kier molecular flexibility index (Phi) is 3.38.